The molecule has 0 radical (unpaired) electrons. The number of nitriles is 1. The van der Waals surface area contributed by atoms with Gasteiger partial charge in [0, 0.05) is 6.54 Å². The first kappa shape index (κ1) is 14.9. The van der Waals surface area contributed by atoms with Crippen LogP contribution in [0.25, 0.3) is 0 Å². The average molecular weight is 305 g/mol. The number of nitrogens with one attached hydrogen (secondary N) is 1. The van der Waals surface area contributed by atoms with Gasteiger partial charge in [-0.25, -0.2) is 0 Å². The van der Waals surface area contributed by atoms with E-state index < -0.39 is 0 Å². The Morgan fingerprint density at radius 1 is 1.05 bits per heavy atom. The second kappa shape index (κ2) is 7.31. The quantitative estimate of drug-likeness (QED) is 0.889. The van der Waals surface area contributed by atoms with Crippen molar-refractivity contribution in [3.63, 3.8) is 0 Å². The Morgan fingerprint density at radius 3 is 2.45 bits per heavy atom. The first-order valence-electron chi connectivity index (χ1n) is 6.32. The molecule has 0 amide bonds. The van der Waals surface area contributed by atoms with E-state index in [1.54, 1.807) is 12.1 Å². The van der Waals surface area contributed by atoms with Gasteiger partial charge < -0.3 is 0 Å². The number of benzene rings is 2. The molecule has 0 unspecified atom stereocenters. The molecule has 0 saturated heterocycles. The van der Waals surface area contributed by atoms with Gasteiger partial charge in [-0.15, -0.1) is 0 Å². The maximum Gasteiger partial charge on any atom is 0.121 e. The number of halogens is 2. The van der Waals surface area contributed by atoms with Crippen molar-refractivity contribution in [2.75, 3.05) is 6.54 Å². The second-order valence-electron chi connectivity index (χ2n) is 4.43. The van der Waals surface area contributed by atoms with Gasteiger partial charge >= 0.3 is 0 Å². The van der Waals surface area contributed by atoms with Gasteiger partial charge in [-0.2, -0.15) is 5.26 Å². The van der Waals surface area contributed by atoms with E-state index in [0.717, 1.165) is 18.5 Å². The summed E-state index contributed by atoms with van der Waals surface area (Å²) < 4.78 is 0. The number of rotatable bonds is 5. The van der Waals surface area contributed by atoms with Crippen LogP contribution in [-0.4, -0.2) is 6.54 Å². The standard InChI is InChI=1S/C16H14Cl2N2/c17-14-7-6-13(10-15(14)18)16(11-19)20-9-8-12-4-2-1-3-5-12/h1-7,10,16,20H,8-9H2/t16-/m1/s1. The van der Waals surface area contributed by atoms with Crippen molar-refractivity contribution >= 4 is 23.2 Å². The van der Waals surface area contributed by atoms with Crippen LogP contribution in [0.2, 0.25) is 10.0 Å². The molecule has 2 nitrogen and oxygen atoms in total. The minimum absolute atomic E-state index is 0.381. The zero-order valence-electron chi connectivity index (χ0n) is 10.8. The molecule has 0 aliphatic heterocycles. The lowest BCUT2D eigenvalue weighted by Gasteiger charge is -2.12. The molecule has 102 valence electrons. The Bertz CT molecular complexity index is 606. The highest BCUT2D eigenvalue weighted by atomic mass is 35.5. The third-order valence-corrected chi connectivity index (χ3v) is 3.75. The molecule has 0 aromatic heterocycles. The molecule has 0 heterocycles. The lowest BCUT2D eigenvalue weighted by molar-refractivity contribution is 0.629. The fourth-order valence-corrected chi connectivity index (χ4v) is 2.24. The van der Waals surface area contributed by atoms with E-state index in [-0.39, 0.29) is 6.04 Å². The smallest absolute Gasteiger partial charge is 0.121 e. The van der Waals surface area contributed by atoms with E-state index in [1.165, 1.54) is 5.56 Å². The first-order valence-corrected chi connectivity index (χ1v) is 7.08. The molecular weight excluding hydrogens is 291 g/mol. The molecule has 0 bridgehead atoms. The fraction of sp³-hybridized carbons (Fsp3) is 0.188. The van der Waals surface area contributed by atoms with E-state index in [4.69, 9.17) is 23.2 Å². The maximum atomic E-state index is 9.25. The van der Waals surface area contributed by atoms with E-state index in [1.807, 2.05) is 24.3 Å². The third-order valence-electron chi connectivity index (χ3n) is 3.01. The van der Waals surface area contributed by atoms with Crippen molar-refractivity contribution in [1.29, 1.82) is 5.26 Å². The monoisotopic (exact) mass is 304 g/mol. The molecule has 0 saturated carbocycles. The highest BCUT2D eigenvalue weighted by molar-refractivity contribution is 6.42. The predicted octanol–water partition coefficient (Wildman–Crippen LogP) is 4.39. The fourth-order valence-electron chi connectivity index (χ4n) is 1.94. The Kier molecular flexibility index (Phi) is 5.43. The summed E-state index contributed by atoms with van der Waals surface area (Å²) in [4.78, 5) is 0. The summed E-state index contributed by atoms with van der Waals surface area (Å²) >= 11 is 11.9. The Balaban J connectivity index is 1.96. The summed E-state index contributed by atoms with van der Waals surface area (Å²) in [5.74, 6) is 0. The van der Waals surface area contributed by atoms with Crippen molar-refractivity contribution in [2.24, 2.45) is 0 Å². The van der Waals surface area contributed by atoms with Gasteiger partial charge in [0.2, 0.25) is 0 Å². The molecule has 2 aromatic rings. The summed E-state index contributed by atoms with van der Waals surface area (Å²) in [6, 6.07) is 17.3. The van der Waals surface area contributed by atoms with Crippen molar-refractivity contribution < 1.29 is 0 Å². The van der Waals surface area contributed by atoms with Gasteiger partial charge in [-0.05, 0) is 29.7 Å². The van der Waals surface area contributed by atoms with Crippen molar-refractivity contribution in [3.05, 3.63) is 69.7 Å². The Hall–Kier alpha value is -1.53. The van der Waals surface area contributed by atoms with Gasteiger partial charge in [0.1, 0.15) is 6.04 Å². The van der Waals surface area contributed by atoms with Crippen LogP contribution in [-0.2, 0) is 6.42 Å². The lowest BCUT2D eigenvalue weighted by Crippen LogP contribution is -2.22. The molecule has 4 heteroatoms. The summed E-state index contributed by atoms with van der Waals surface area (Å²) in [5, 5.41) is 13.4. The predicted molar refractivity (Wildman–Crippen MR) is 83.0 cm³/mol. The minimum atomic E-state index is -0.381. The lowest BCUT2D eigenvalue weighted by atomic mass is 10.1. The van der Waals surface area contributed by atoms with Crippen LogP contribution in [0.3, 0.4) is 0 Å². The molecule has 0 aliphatic rings. The van der Waals surface area contributed by atoms with Crippen LogP contribution in [0.5, 0.6) is 0 Å². The van der Waals surface area contributed by atoms with Crippen LogP contribution in [0, 0.1) is 11.3 Å². The molecule has 2 rings (SSSR count). The maximum absolute atomic E-state index is 9.25. The molecule has 20 heavy (non-hydrogen) atoms. The molecule has 2 aromatic carbocycles. The van der Waals surface area contributed by atoms with E-state index in [0.29, 0.717) is 10.0 Å². The van der Waals surface area contributed by atoms with Crippen LogP contribution in [0.1, 0.15) is 17.2 Å². The number of nitrogens with zero attached hydrogens (tertiary/aromatic N) is 1. The Morgan fingerprint density at radius 2 is 1.80 bits per heavy atom. The zero-order valence-corrected chi connectivity index (χ0v) is 12.3. The average Bonchev–Trinajstić information content (AvgIpc) is 2.48. The zero-order chi connectivity index (χ0) is 14.4. The molecule has 1 atom stereocenters. The SMILES string of the molecule is N#C[C@@H](NCCc1ccccc1)c1ccc(Cl)c(Cl)c1. The molecule has 0 spiro atoms. The van der Waals surface area contributed by atoms with Crippen molar-refractivity contribution in [3.8, 4) is 6.07 Å². The van der Waals surface area contributed by atoms with Gasteiger partial charge in [-0.1, -0.05) is 59.6 Å². The third kappa shape index (κ3) is 3.98. The van der Waals surface area contributed by atoms with Crippen LogP contribution in [0.4, 0.5) is 0 Å². The molecular formula is C16H14Cl2N2. The van der Waals surface area contributed by atoms with Crippen LogP contribution >= 0.6 is 23.2 Å². The highest BCUT2D eigenvalue weighted by Gasteiger charge is 2.11. The van der Waals surface area contributed by atoms with Gasteiger partial charge in [0.15, 0.2) is 0 Å². The summed E-state index contributed by atoms with van der Waals surface area (Å²) in [7, 11) is 0. The Labute approximate surface area is 128 Å². The topological polar surface area (TPSA) is 35.8 Å². The minimum Gasteiger partial charge on any atom is -0.298 e. The molecule has 0 aliphatic carbocycles. The van der Waals surface area contributed by atoms with Crippen molar-refractivity contribution in [2.45, 2.75) is 12.5 Å². The molecule has 0 fully saturated rings. The summed E-state index contributed by atoms with van der Waals surface area (Å²) in [5.41, 5.74) is 2.07. The van der Waals surface area contributed by atoms with Gasteiger partial charge in [-0.3, -0.25) is 5.32 Å². The first-order chi connectivity index (χ1) is 9.70. The molecule has 1 N–H and O–H groups in total. The summed E-state index contributed by atoms with van der Waals surface area (Å²) in [6.45, 7) is 0.725. The highest BCUT2D eigenvalue weighted by Crippen LogP contribution is 2.25. The van der Waals surface area contributed by atoms with E-state index in [2.05, 4.69) is 23.5 Å². The van der Waals surface area contributed by atoms with Crippen LogP contribution in [0.15, 0.2) is 48.5 Å². The number of hydrogen-bond acceptors (Lipinski definition) is 2. The normalized spacial score (nSPS) is 11.8. The van der Waals surface area contributed by atoms with Gasteiger partial charge in [0.05, 0.1) is 16.1 Å². The van der Waals surface area contributed by atoms with Crippen LogP contribution < -0.4 is 5.32 Å². The van der Waals surface area contributed by atoms with E-state index in [9.17, 15) is 5.26 Å². The second-order valence-corrected chi connectivity index (χ2v) is 5.24. The van der Waals surface area contributed by atoms with Crippen molar-refractivity contribution in [1.82, 2.24) is 5.32 Å². The largest absolute Gasteiger partial charge is 0.298 e. The van der Waals surface area contributed by atoms with Gasteiger partial charge in [0.25, 0.3) is 0 Å². The number of hydrogen-bond donors (Lipinski definition) is 1. The summed E-state index contributed by atoms with van der Waals surface area (Å²) in [6.07, 6.45) is 0.875. The van der Waals surface area contributed by atoms with E-state index >= 15 is 0 Å².